The SMILES string of the molecule is [N-]=[N+]=NC(=O)[C@@H]1C[C@H]1c1ccc(-c2cccc(C(F)(F)F)c2)nc1Cl. The van der Waals surface area contributed by atoms with Crippen molar-refractivity contribution in [2.24, 2.45) is 11.0 Å². The summed E-state index contributed by atoms with van der Waals surface area (Å²) in [5.74, 6) is -1.16. The average molecular weight is 367 g/mol. The van der Waals surface area contributed by atoms with Crippen LogP contribution < -0.4 is 0 Å². The average Bonchev–Trinajstić information content (AvgIpc) is 3.35. The molecule has 0 saturated heterocycles. The van der Waals surface area contributed by atoms with E-state index >= 15 is 0 Å². The monoisotopic (exact) mass is 366 g/mol. The Morgan fingerprint density at radius 3 is 2.72 bits per heavy atom. The Hall–Kier alpha value is -2.57. The molecule has 1 aliphatic carbocycles. The molecular weight excluding hydrogens is 357 g/mol. The van der Waals surface area contributed by atoms with Crippen molar-refractivity contribution in [3.63, 3.8) is 0 Å². The molecule has 5 nitrogen and oxygen atoms in total. The summed E-state index contributed by atoms with van der Waals surface area (Å²) in [6, 6.07) is 8.00. The highest BCUT2D eigenvalue weighted by atomic mass is 35.5. The van der Waals surface area contributed by atoms with E-state index in [0.717, 1.165) is 12.1 Å². The van der Waals surface area contributed by atoms with Crippen molar-refractivity contribution in [3.05, 3.63) is 63.1 Å². The number of alkyl halides is 3. The van der Waals surface area contributed by atoms with Gasteiger partial charge < -0.3 is 0 Å². The van der Waals surface area contributed by atoms with Gasteiger partial charge in [-0.05, 0) is 46.7 Å². The molecule has 0 bridgehead atoms. The quantitative estimate of drug-likeness (QED) is 0.317. The molecule has 1 fully saturated rings. The molecule has 2 aromatic rings. The Kier molecular flexibility index (Phi) is 4.41. The maximum atomic E-state index is 12.8. The number of amides is 1. The number of carbonyl (C=O) groups is 1. The first kappa shape index (κ1) is 17.3. The maximum absolute atomic E-state index is 12.8. The largest absolute Gasteiger partial charge is 0.416 e. The van der Waals surface area contributed by atoms with Crippen molar-refractivity contribution in [2.75, 3.05) is 0 Å². The van der Waals surface area contributed by atoms with Gasteiger partial charge in [-0.2, -0.15) is 13.2 Å². The van der Waals surface area contributed by atoms with Crippen LogP contribution in [0.4, 0.5) is 13.2 Å². The first-order chi connectivity index (χ1) is 11.8. The van der Waals surface area contributed by atoms with Gasteiger partial charge in [0.25, 0.3) is 0 Å². The molecule has 1 aromatic carbocycles. The highest BCUT2D eigenvalue weighted by molar-refractivity contribution is 6.30. The molecule has 0 N–H and O–H groups in total. The van der Waals surface area contributed by atoms with Crippen LogP contribution in [0.1, 0.15) is 23.5 Å². The second kappa shape index (κ2) is 6.38. The van der Waals surface area contributed by atoms with E-state index in [-0.39, 0.29) is 11.1 Å². The minimum absolute atomic E-state index is 0.121. The molecule has 0 radical (unpaired) electrons. The molecule has 0 aliphatic heterocycles. The summed E-state index contributed by atoms with van der Waals surface area (Å²) < 4.78 is 38.4. The second-order valence-electron chi connectivity index (χ2n) is 5.63. The van der Waals surface area contributed by atoms with Crippen molar-refractivity contribution in [1.82, 2.24) is 4.98 Å². The summed E-state index contributed by atoms with van der Waals surface area (Å²) in [5, 5.41) is 3.18. The molecule has 1 aliphatic rings. The summed E-state index contributed by atoms with van der Waals surface area (Å²) in [6.07, 6.45) is -3.94. The van der Waals surface area contributed by atoms with Crippen LogP contribution in [0, 0.1) is 5.92 Å². The Morgan fingerprint density at radius 2 is 2.08 bits per heavy atom. The number of benzene rings is 1. The van der Waals surface area contributed by atoms with Crippen molar-refractivity contribution >= 4 is 17.5 Å². The molecule has 1 heterocycles. The fourth-order valence-electron chi connectivity index (χ4n) is 2.67. The predicted molar refractivity (Wildman–Crippen MR) is 84.7 cm³/mol. The summed E-state index contributed by atoms with van der Waals surface area (Å²) in [6.45, 7) is 0. The fourth-order valence-corrected chi connectivity index (χ4v) is 2.96. The number of halogens is 4. The minimum Gasteiger partial charge on any atom is -0.292 e. The van der Waals surface area contributed by atoms with E-state index < -0.39 is 23.6 Å². The van der Waals surface area contributed by atoms with E-state index in [4.69, 9.17) is 17.1 Å². The number of carbonyl (C=O) groups excluding carboxylic acids is 1. The molecule has 1 saturated carbocycles. The zero-order valence-corrected chi connectivity index (χ0v) is 13.3. The number of aromatic nitrogens is 1. The van der Waals surface area contributed by atoms with Crippen LogP contribution in [0.15, 0.2) is 41.5 Å². The third-order valence-corrected chi connectivity index (χ3v) is 4.32. The smallest absolute Gasteiger partial charge is 0.292 e. The Balaban J connectivity index is 1.86. The van der Waals surface area contributed by atoms with Gasteiger partial charge in [0.2, 0.25) is 5.91 Å². The molecule has 2 atom stereocenters. The van der Waals surface area contributed by atoms with Crippen molar-refractivity contribution in [2.45, 2.75) is 18.5 Å². The van der Waals surface area contributed by atoms with E-state index in [1.165, 1.54) is 12.1 Å². The highest BCUT2D eigenvalue weighted by Crippen LogP contribution is 2.50. The van der Waals surface area contributed by atoms with E-state index in [0.29, 0.717) is 23.2 Å². The zero-order chi connectivity index (χ0) is 18.2. The lowest BCUT2D eigenvalue weighted by Gasteiger charge is -2.10. The number of hydrogen-bond donors (Lipinski definition) is 0. The van der Waals surface area contributed by atoms with Crippen LogP contribution in [0.2, 0.25) is 5.15 Å². The molecule has 3 rings (SSSR count). The minimum atomic E-state index is -4.44. The molecule has 9 heteroatoms. The van der Waals surface area contributed by atoms with E-state index in [1.54, 1.807) is 12.1 Å². The van der Waals surface area contributed by atoms with Gasteiger partial charge in [-0.3, -0.25) is 4.79 Å². The summed E-state index contributed by atoms with van der Waals surface area (Å²) in [5.41, 5.74) is 8.73. The van der Waals surface area contributed by atoms with E-state index in [9.17, 15) is 18.0 Å². The number of pyridine rings is 1. The molecular formula is C16H10ClF3N4O. The first-order valence-corrected chi connectivity index (χ1v) is 7.62. The Bertz CT molecular complexity index is 893. The van der Waals surface area contributed by atoms with Crippen LogP contribution in [0.25, 0.3) is 21.7 Å². The van der Waals surface area contributed by atoms with Gasteiger partial charge in [0.1, 0.15) is 5.15 Å². The van der Waals surface area contributed by atoms with Crippen molar-refractivity contribution in [1.29, 1.82) is 0 Å². The number of azide groups is 1. The van der Waals surface area contributed by atoms with Crippen LogP contribution in [-0.2, 0) is 11.0 Å². The fraction of sp³-hybridized carbons (Fsp3) is 0.250. The first-order valence-electron chi connectivity index (χ1n) is 7.24. The van der Waals surface area contributed by atoms with Gasteiger partial charge in [0.15, 0.2) is 0 Å². The Labute approximate surface area is 145 Å². The zero-order valence-electron chi connectivity index (χ0n) is 12.5. The Morgan fingerprint density at radius 1 is 1.32 bits per heavy atom. The van der Waals surface area contributed by atoms with Crippen molar-refractivity contribution in [3.8, 4) is 11.3 Å². The van der Waals surface area contributed by atoms with Gasteiger partial charge in [0, 0.05) is 16.4 Å². The lowest BCUT2D eigenvalue weighted by molar-refractivity contribution is -0.137. The molecule has 1 amide bonds. The number of hydrogen-bond acceptors (Lipinski definition) is 2. The predicted octanol–water partition coefficient (Wildman–Crippen LogP) is 5.36. The van der Waals surface area contributed by atoms with Crippen LogP contribution >= 0.6 is 11.6 Å². The maximum Gasteiger partial charge on any atom is 0.416 e. The highest BCUT2D eigenvalue weighted by Gasteiger charge is 2.44. The van der Waals surface area contributed by atoms with Crippen LogP contribution in [0.3, 0.4) is 0 Å². The van der Waals surface area contributed by atoms with Gasteiger partial charge in [-0.1, -0.05) is 29.8 Å². The third-order valence-electron chi connectivity index (χ3n) is 4.01. The van der Waals surface area contributed by atoms with Gasteiger partial charge in [-0.15, -0.1) is 0 Å². The van der Waals surface area contributed by atoms with Crippen molar-refractivity contribution < 1.29 is 18.0 Å². The molecule has 0 spiro atoms. The summed E-state index contributed by atoms with van der Waals surface area (Å²) >= 11 is 6.14. The van der Waals surface area contributed by atoms with Gasteiger partial charge >= 0.3 is 6.18 Å². The normalized spacial score (nSPS) is 19.2. The molecule has 25 heavy (non-hydrogen) atoms. The van der Waals surface area contributed by atoms with E-state index in [1.807, 2.05) is 0 Å². The molecule has 0 unspecified atom stereocenters. The lowest BCUT2D eigenvalue weighted by Crippen LogP contribution is -2.04. The number of nitrogens with zero attached hydrogens (tertiary/aromatic N) is 4. The number of rotatable bonds is 3. The van der Waals surface area contributed by atoms with Gasteiger partial charge in [-0.25, -0.2) is 4.98 Å². The molecule has 128 valence electrons. The summed E-state index contributed by atoms with van der Waals surface area (Å²) in [4.78, 5) is 18.1. The van der Waals surface area contributed by atoms with Gasteiger partial charge in [0.05, 0.1) is 11.3 Å². The van der Waals surface area contributed by atoms with Crippen LogP contribution in [0.5, 0.6) is 0 Å². The molecule has 1 aromatic heterocycles. The van der Waals surface area contributed by atoms with E-state index in [2.05, 4.69) is 15.0 Å². The van der Waals surface area contributed by atoms with Crippen LogP contribution in [-0.4, -0.2) is 10.9 Å². The third kappa shape index (κ3) is 3.60. The standard InChI is InChI=1S/C16H10ClF3N4O/c17-14-10(11-7-12(11)15(25)23-24-21)4-5-13(22-14)8-2-1-3-9(6-8)16(18,19)20/h1-6,11-12H,7H2/t11-,12+/m0/s1. The topological polar surface area (TPSA) is 78.7 Å². The summed E-state index contributed by atoms with van der Waals surface area (Å²) in [7, 11) is 0. The second-order valence-corrected chi connectivity index (χ2v) is 5.99. The lowest BCUT2D eigenvalue weighted by atomic mass is 10.1.